The van der Waals surface area contributed by atoms with Gasteiger partial charge in [0.1, 0.15) is 18.2 Å². The summed E-state index contributed by atoms with van der Waals surface area (Å²) in [5, 5.41) is 0. The van der Waals surface area contributed by atoms with Gasteiger partial charge in [0.2, 0.25) is 5.78 Å². The van der Waals surface area contributed by atoms with Crippen molar-refractivity contribution in [1.29, 1.82) is 0 Å². The van der Waals surface area contributed by atoms with Crippen LogP contribution in [-0.4, -0.2) is 36.7 Å². The van der Waals surface area contributed by atoms with Crippen molar-refractivity contribution in [2.24, 2.45) is 0 Å². The second kappa shape index (κ2) is 8.13. The van der Waals surface area contributed by atoms with Crippen LogP contribution < -0.4 is 9.47 Å². The number of hydrogen-bond acceptors (Lipinski definition) is 5. The molecular formula is C26H29NO4. The SMILES string of the molecule is Cc1c2c(cc3c1O/C(=C\c1ccc(C(C)C)cc1)C3=O)CN(CC1CCCO1)CO2. The van der Waals surface area contributed by atoms with Crippen LogP contribution >= 0.6 is 0 Å². The van der Waals surface area contributed by atoms with Gasteiger partial charge < -0.3 is 14.2 Å². The zero-order valence-electron chi connectivity index (χ0n) is 18.4. The molecule has 0 aliphatic carbocycles. The molecule has 0 aromatic heterocycles. The van der Waals surface area contributed by atoms with Crippen molar-refractivity contribution in [3.8, 4) is 11.5 Å². The smallest absolute Gasteiger partial charge is 0.231 e. The molecule has 0 saturated carbocycles. The lowest BCUT2D eigenvalue weighted by molar-refractivity contribution is 0.0276. The van der Waals surface area contributed by atoms with Crippen LogP contribution in [0.3, 0.4) is 0 Å². The summed E-state index contributed by atoms with van der Waals surface area (Å²) in [7, 11) is 0. The number of fused-ring (bicyclic) bond motifs is 2. The minimum atomic E-state index is -0.0647. The number of nitrogens with zero attached hydrogens (tertiary/aromatic N) is 1. The normalized spacial score (nSPS) is 21.9. The predicted octanol–water partition coefficient (Wildman–Crippen LogP) is 5.07. The first-order valence-corrected chi connectivity index (χ1v) is 11.2. The monoisotopic (exact) mass is 419 g/mol. The molecule has 0 radical (unpaired) electrons. The Hall–Kier alpha value is -2.63. The molecule has 3 aliphatic heterocycles. The Morgan fingerprint density at radius 2 is 2.00 bits per heavy atom. The number of rotatable bonds is 4. The fraction of sp³-hybridized carbons (Fsp3) is 0.423. The lowest BCUT2D eigenvalue weighted by Crippen LogP contribution is -2.37. The summed E-state index contributed by atoms with van der Waals surface area (Å²) in [5.74, 6) is 2.25. The van der Waals surface area contributed by atoms with Crippen LogP contribution in [0.25, 0.3) is 6.08 Å². The van der Waals surface area contributed by atoms with Gasteiger partial charge in [0.05, 0.1) is 11.7 Å². The standard InChI is InChI=1S/C26H29NO4/c1-16(2)19-8-6-18(7-9-19)11-23-24(28)22-12-20-13-27(14-21-5-4-10-29-21)15-30-25(20)17(3)26(22)31-23/h6-9,11-12,16,21H,4-5,10,13-15H2,1-3H3/b23-11-. The van der Waals surface area contributed by atoms with E-state index in [1.165, 1.54) is 5.56 Å². The summed E-state index contributed by atoms with van der Waals surface area (Å²) in [4.78, 5) is 15.4. The van der Waals surface area contributed by atoms with E-state index in [4.69, 9.17) is 14.2 Å². The van der Waals surface area contributed by atoms with Gasteiger partial charge >= 0.3 is 0 Å². The number of allylic oxidation sites excluding steroid dienone is 1. The summed E-state index contributed by atoms with van der Waals surface area (Å²) in [6.45, 7) is 9.31. The lowest BCUT2D eigenvalue weighted by atomic mass is 9.99. The summed E-state index contributed by atoms with van der Waals surface area (Å²) in [6, 6.07) is 10.2. The van der Waals surface area contributed by atoms with Crippen LogP contribution in [0.5, 0.6) is 11.5 Å². The minimum Gasteiger partial charge on any atom is -0.477 e. The minimum absolute atomic E-state index is 0.0647. The maximum Gasteiger partial charge on any atom is 0.231 e. The van der Waals surface area contributed by atoms with Crippen LogP contribution in [0.15, 0.2) is 36.1 Å². The molecule has 31 heavy (non-hydrogen) atoms. The van der Waals surface area contributed by atoms with Crippen molar-refractivity contribution in [2.45, 2.75) is 52.2 Å². The number of hydrogen-bond donors (Lipinski definition) is 0. The molecular weight excluding hydrogens is 390 g/mol. The van der Waals surface area contributed by atoms with Crippen molar-refractivity contribution >= 4 is 11.9 Å². The number of ether oxygens (including phenoxy) is 3. The fourth-order valence-electron chi connectivity index (χ4n) is 4.62. The molecule has 0 N–H and O–H groups in total. The highest BCUT2D eigenvalue weighted by Crippen LogP contribution is 2.43. The zero-order valence-corrected chi connectivity index (χ0v) is 18.4. The van der Waals surface area contributed by atoms with E-state index in [-0.39, 0.29) is 11.9 Å². The van der Waals surface area contributed by atoms with E-state index in [2.05, 4.69) is 30.9 Å². The fourth-order valence-corrected chi connectivity index (χ4v) is 4.62. The molecule has 5 rings (SSSR count). The van der Waals surface area contributed by atoms with Gasteiger partial charge in [-0.05, 0) is 49.0 Å². The average molecular weight is 420 g/mol. The molecule has 3 aliphatic rings. The molecule has 0 spiro atoms. The maximum absolute atomic E-state index is 13.1. The molecule has 3 heterocycles. The first kappa shape index (κ1) is 20.3. The molecule has 162 valence electrons. The number of carbonyl (C=O) groups excluding carboxylic acids is 1. The molecule has 5 heteroatoms. The highest BCUT2D eigenvalue weighted by Gasteiger charge is 2.34. The van der Waals surface area contributed by atoms with Gasteiger partial charge in [0.15, 0.2) is 5.76 Å². The Labute approximate surface area is 183 Å². The second-order valence-electron chi connectivity index (χ2n) is 9.05. The van der Waals surface area contributed by atoms with Gasteiger partial charge in [0, 0.05) is 30.8 Å². The van der Waals surface area contributed by atoms with Gasteiger partial charge in [-0.25, -0.2) is 0 Å². The first-order valence-electron chi connectivity index (χ1n) is 11.2. The van der Waals surface area contributed by atoms with Crippen molar-refractivity contribution in [3.63, 3.8) is 0 Å². The highest BCUT2D eigenvalue weighted by molar-refractivity contribution is 6.15. The molecule has 1 fully saturated rings. The van der Waals surface area contributed by atoms with Crippen molar-refractivity contribution in [3.05, 3.63) is 63.9 Å². The van der Waals surface area contributed by atoms with E-state index in [1.807, 2.05) is 31.2 Å². The molecule has 2 aromatic carbocycles. The Bertz CT molecular complexity index is 1030. The van der Waals surface area contributed by atoms with E-state index in [1.54, 1.807) is 0 Å². The highest BCUT2D eigenvalue weighted by atomic mass is 16.5. The summed E-state index contributed by atoms with van der Waals surface area (Å²) in [5.41, 5.74) is 4.80. The van der Waals surface area contributed by atoms with Crippen molar-refractivity contribution in [1.82, 2.24) is 4.90 Å². The van der Waals surface area contributed by atoms with Crippen molar-refractivity contribution in [2.75, 3.05) is 19.9 Å². The molecule has 5 nitrogen and oxygen atoms in total. The van der Waals surface area contributed by atoms with Crippen molar-refractivity contribution < 1.29 is 19.0 Å². The summed E-state index contributed by atoms with van der Waals surface area (Å²) in [6.07, 6.45) is 4.34. The van der Waals surface area contributed by atoms with Gasteiger partial charge in [-0.15, -0.1) is 0 Å². The molecule has 2 aromatic rings. The topological polar surface area (TPSA) is 48.0 Å². The van der Waals surface area contributed by atoms with E-state index < -0.39 is 0 Å². The van der Waals surface area contributed by atoms with Gasteiger partial charge in [-0.2, -0.15) is 0 Å². The number of ketones is 1. The van der Waals surface area contributed by atoms with Crippen LogP contribution in [0, 0.1) is 6.92 Å². The Morgan fingerprint density at radius 1 is 1.19 bits per heavy atom. The Kier molecular flexibility index (Phi) is 5.32. The average Bonchev–Trinajstić information content (AvgIpc) is 3.38. The Morgan fingerprint density at radius 3 is 2.71 bits per heavy atom. The molecule has 1 atom stereocenters. The number of benzene rings is 2. The summed E-state index contributed by atoms with van der Waals surface area (Å²) < 4.78 is 17.9. The molecule has 1 saturated heterocycles. The van der Waals surface area contributed by atoms with Crippen LogP contribution in [-0.2, 0) is 11.3 Å². The molecule has 0 amide bonds. The van der Waals surface area contributed by atoms with Crippen LogP contribution in [0.1, 0.15) is 65.2 Å². The van der Waals surface area contributed by atoms with Crippen LogP contribution in [0.4, 0.5) is 0 Å². The first-order chi connectivity index (χ1) is 15.0. The Balaban J connectivity index is 1.38. The molecule has 1 unspecified atom stereocenters. The second-order valence-corrected chi connectivity index (χ2v) is 9.05. The van der Waals surface area contributed by atoms with Gasteiger partial charge in [-0.3, -0.25) is 9.69 Å². The third kappa shape index (κ3) is 3.88. The third-order valence-corrected chi connectivity index (χ3v) is 6.39. The van der Waals surface area contributed by atoms with Gasteiger partial charge in [-0.1, -0.05) is 38.1 Å². The lowest BCUT2D eigenvalue weighted by Gasteiger charge is -2.31. The predicted molar refractivity (Wildman–Crippen MR) is 120 cm³/mol. The number of Topliss-reactive ketones (excluding diaryl/α,β-unsaturated/α-hetero) is 1. The van der Waals surface area contributed by atoms with E-state index in [0.29, 0.717) is 29.7 Å². The number of carbonyl (C=O) groups is 1. The van der Waals surface area contributed by atoms with E-state index in [9.17, 15) is 4.79 Å². The quantitative estimate of drug-likeness (QED) is 0.648. The van der Waals surface area contributed by atoms with Crippen LogP contribution in [0.2, 0.25) is 0 Å². The van der Waals surface area contributed by atoms with Gasteiger partial charge in [0.25, 0.3) is 0 Å². The summed E-state index contributed by atoms with van der Waals surface area (Å²) >= 11 is 0. The van der Waals surface area contributed by atoms with E-state index in [0.717, 1.165) is 55.0 Å². The largest absolute Gasteiger partial charge is 0.477 e. The maximum atomic E-state index is 13.1. The third-order valence-electron chi connectivity index (χ3n) is 6.39. The van der Waals surface area contributed by atoms with E-state index >= 15 is 0 Å². The molecule has 0 bridgehead atoms. The zero-order chi connectivity index (χ0) is 21.5.